The maximum absolute atomic E-state index is 4.28. The number of para-hydroxylation sites is 1. The number of guanidine groups is 1. The Bertz CT molecular complexity index is 612. The number of aryl methyl sites for hydroxylation is 1. The topological polar surface area (TPSA) is 41.4 Å². The van der Waals surface area contributed by atoms with Gasteiger partial charge in [-0.05, 0) is 36.8 Å². The van der Waals surface area contributed by atoms with Gasteiger partial charge in [0, 0.05) is 37.9 Å². The summed E-state index contributed by atoms with van der Waals surface area (Å²) in [4.78, 5) is 4.28. The predicted octanol–water partition coefficient (Wildman–Crippen LogP) is 3.24. The molecule has 2 rings (SSSR count). The first kappa shape index (κ1) is 16.4. The molecule has 22 heavy (non-hydrogen) atoms. The molecule has 0 amide bonds. The molecule has 1 aromatic carbocycles. The number of nitrogens with one attached hydrogen (secondary N) is 2. The quantitative estimate of drug-likeness (QED) is 0.488. The molecule has 1 unspecified atom stereocenters. The van der Waals surface area contributed by atoms with Crippen LogP contribution in [0.1, 0.15) is 27.2 Å². The van der Waals surface area contributed by atoms with Gasteiger partial charge in [-0.1, -0.05) is 32.0 Å². The first-order valence-electron chi connectivity index (χ1n) is 8.13. The molecule has 2 N–H and O–H groups in total. The second kappa shape index (κ2) is 7.87. The van der Waals surface area contributed by atoms with Crippen LogP contribution in [-0.2, 0) is 6.54 Å². The van der Waals surface area contributed by atoms with E-state index in [1.807, 2.05) is 7.05 Å². The Kier molecular flexibility index (Phi) is 5.87. The Morgan fingerprint density at radius 3 is 2.68 bits per heavy atom. The van der Waals surface area contributed by atoms with Gasteiger partial charge in [0.05, 0.1) is 0 Å². The summed E-state index contributed by atoms with van der Waals surface area (Å²) in [6.07, 6.45) is 3.23. The molecule has 0 saturated carbocycles. The molecule has 2 aromatic rings. The van der Waals surface area contributed by atoms with Crippen LogP contribution in [0.2, 0.25) is 0 Å². The molecule has 0 fully saturated rings. The maximum Gasteiger partial charge on any atom is 0.191 e. The summed E-state index contributed by atoms with van der Waals surface area (Å²) >= 11 is 0. The smallest absolute Gasteiger partial charge is 0.191 e. The van der Waals surface area contributed by atoms with Crippen molar-refractivity contribution in [3.05, 3.63) is 36.5 Å². The lowest BCUT2D eigenvalue weighted by Gasteiger charge is -2.20. The van der Waals surface area contributed by atoms with E-state index in [-0.39, 0.29) is 0 Å². The number of aromatic nitrogens is 1. The van der Waals surface area contributed by atoms with Crippen molar-refractivity contribution in [3.63, 3.8) is 0 Å². The fourth-order valence-corrected chi connectivity index (χ4v) is 2.37. The van der Waals surface area contributed by atoms with Crippen LogP contribution in [0.5, 0.6) is 0 Å². The molecule has 1 aromatic heterocycles. The second-order valence-corrected chi connectivity index (χ2v) is 6.10. The van der Waals surface area contributed by atoms with Crippen LogP contribution in [0.4, 0.5) is 0 Å². The van der Waals surface area contributed by atoms with Gasteiger partial charge in [-0.15, -0.1) is 0 Å². The normalized spacial score (nSPS) is 13.6. The number of aliphatic imine (C=N–C) groups is 1. The number of nitrogens with zero attached hydrogens (tertiary/aromatic N) is 2. The fraction of sp³-hybridized carbons (Fsp3) is 0.500. The summed E-state index contributed by atoms with van der Waals surface area (Å²) in [6.45, 7) is 8.53. The summed E-state index contributed by atoms with van der Waals surface area (Å²) < 4.78 is 2.31. The minimum atomic E-state index is 0.416. The van der Waals surface area contributed by atoms with E-state index < -0.39 is 0 Å². The monoisotopic (exact) mass is 300 g/mol. The van der Waals surface area contributed by atoms with Crippen LogP contribution in [0, 0.1) is 5.92 Å². The molecule has 0 aliphatic heterocycles. The molecule has 0 aliphatic rings. The summed E-state index contributed by atoms with van der Waals surface area (Å²) in [5, 5.41) is 8.12. The molecule has 4 nitrogen and oxygen atoms in total. The van der Waals surface area contributed by atoms with Gasteiger partial charge in [-0.25, -0.2) is 0 Å². The van der Waals surface area contributed by atoms with E-state index in [1.54, 1.807) is 0 Å². The number of hydrogen-bond acceptors (Lipinski definition) is 1. The summed E-state index contributed by atoms with van der Waals surface area (Å²) in [6, 6.07) is 11.1. The number of hydrogen-bond donors (Lipinski definition) is 2. The van der Waals surface area contributed by atoms with E-state index in [4.69, 9.17) is 0 Å². The van der Waals surface area contributed by atoms with Crippen molar-refractivity contribution in [2.24, 2.45) is 10.9 Å². The van der Waals surface area contributed by atoms with Gasteiger partial charge in [0.15, 0.2) is 5.96 Å². The van der Waals surface area contributed by atoms with Gasteiger partial charge in [0.2, 0.25) is 0 Å². The molecule has 4 heteroatoms. The van der Waals surface area contributed by atoms with Crippen LogP contribution in [0.3, 0.4) is 0 Å². The average molecular weight is 300 g/mol. The van der Waals surface area contributed by atoms with Crippen molar-refractivity contribution >= 4 is 16.9 Å². The first-order chi connectivity index (χ1) is 10.6. The van der Waals surface area contributed by atoms with Gasteiger partial charge < -0.3 is 15.2 Å². The highest BCUT2D eigenvalue weighted by Gasteiger charge is 2.08. The van der Waals surface area contributed by atoms with Gasteiger partial charge in [0.25, 0.3) is 0 Å². The molecule has 0 saturated heterocycles. The van der Waals surface area contributed by atoms with Gasteiger partial charge in [-0.2, -0.15) is 0 Å². The van der Waals surface area contributed by atoms with Crippen molar-refractivity contribution in [1.82, 2.24) is 15.2 Å². The molecule has 0 bridgehead atoms. The zero-order chi connectivity index (χ0) is 15.9. The van der Waals surface area contributed by atoms with Crippen molar-refractivity contribution in [3.8, 4) is 0 Å². The third-order valence-corrected chi connectivity index (χ3v) is 4.14. The Morgan fingerprint density at radius 2 is 1.95 bits per heavy atom. The summed E-state index contributed by atoms with van der Waals surface area (Å²) in [7, 11) is 1.82. The van der Waals surface area contributed by atoms with Crippen LogP contribution in [0.25, 0.3) is 10.9 Å². The van der Waals surface area contributed by atoms with Crippen molar-refractivity contribution < 1.29 is 0 Å². The van der Waals surface area contributed by atoms with E-state index in [9.17, 15) is 0 Å². The van der Waals surface area contributed by atoms with Crippen molar-refractivity contribution in [1.29, 1.82) is 0 Å². The number of benzene rings is 1. The highest BCUT2D eigenvalue weighted by Crippen LogP contribution is 2.15. The number of fused-ring (bicyclic) bond motifs is 1. The lowest BCUT2D eigenvalue weighted by molar-refractivity contribution is 0.480. The van der Waals surface area contributed by atoms with Crippen LogP contribution in [-0.4, -0.2) is 30.2 Å². The zero-order valence-electron chi connectivity index (χ0n) is 14.1. The van der Waals surface area contributed by atoms with Gasteiger partial charge in [0.1, 0.15) is 0 Å². The average Bonchev–Trinajstić information content (AvgIpc) is 2.93. The molecule has 0 aliphatic carbocycles. The van der Waals surface area contributed by atoms with E-state index in [0.29, 0.717) is 12.0 Å². The Hall–Kier alpha value is -1.97. The Balaban J connectivity index is 1.79. The summed E-state index contributed by atoms with van der Waals surface area (Å²) in [5.74, 6) is 1.48. The SMILES string of the molecule is CN=C(NCCCn1ccc2ccccc21)NC(C)C(C)C. The van der Waals surface area contributed by atoms with Crippen LogP contribution >= 0.6 is 0 Å². The Morgan fingerprint density at radius 1 is 1.18 bits per heavy atom. The lowest BCUT2D eigenvalue weighted by Crippen LogP contribution is -2.44. The fourth-order valence-electron chi connectivity index (χ4n) is 2.37. The molecule has 0 radical (unpaired) electrons. The third-order valence-electron chi connectivity index (χ3n) is 4.14. The largest absolute Gasteiger partial charge is 0.356 e. The van der Waals surface area contributed by atoms with Crippen LogP contribution in [0.15, 0.2) is 41.5 Å². The Labute approximate surface area is 133 Å². The standard InChI is InChI=1S/C18H28N4/c1-14(2)15(3)21-18(19-4)20-11-7-12-22-13-10-16-8-5-6-9-17(16)22/h5-6,8-10,13-15H,7,11-12H2,1-4H3,(H2,19,20,21). The predicted molar refractivity (Wildman–Crippen MR) is 95.4 cm³/mol. The highest BCUT2D eigenvalue weighted by molar-refractivity contribution is 5.80. The van der Waals surface area contributed by atoms with Crippen LogP contribution < -0.4 is 10.6 Å². The van der Waals surface area contributed by atoms with Gasteiger partial charge in [-0.3, -0.25) is 4.99 Å². The van der Waals surface area contributed by atoms with E-state index in [0.717, 1.165) is 25.5 Å². The lowest BCUT2D eigenvalue weighted by atomic mass is 10.1. The minimum Gasteiger partial charge on any atom is -0.356 e. The molecule has 1 heterocycles. The molecule has 120 valence electrons. The third kappa shape index (κ3) is 4.26. The van der Waals surface area contributed by atoms with Crippen molar-refractivity contribution in [2.45, 2.75) is 39.8 Å². The van der Waals surface area contributed by atoms with E-state index >= 15 is 0 Å². The van der Waals surface area contributed by atoms with E-state index in [2.05, 4.69) is 77.5 Å². The van der Waals surface area contributed by atoms with Crippen molar-refractivity contribution in [2.75, 3.05) is 13.6 Å². The first-order valence-corrected chi connectivity index (χ1v) is 8.13. The molecule has 0 spiro atoms. The molecular formula is C18H28N4. The van der Waals surface area contributed by atoms with Gasteiger partial charge >= 0.3 is 0 Å². The minimum absolute atomic E-state index is 0.416. The second-order valence-electron chi connectivity index (χ2n) is 6.10. The molecule has 1 atom stereocenters. The number of rotatable bonds is 6. The van der Waals surface area contributed by atoms with E-state index in [1.165, 1.54) is 10.9 Å². The summed E-state index contributed by atoms with van der Waals surface area (Å²) in [5.41, 5.74) is 1.30. The molecular weight excluding hydrogens is 272 g/mol. The zero-order valence-corrected chi connectivity index (χ0v) is 14.1. The maximum atomic E-state index is 4.28. The highest BCUT2D eigenvalue weighted by atomic mass is 15.2.